The maximum absolute atomic E-state index is 15.4. The molecule has 2 aliphatic rings. The van der Waals surface area contributed by atoms with E-state index in [2.05, 4.69) is 20.3 Å². The molecule has 19 heteroatoms. The lowest BCUT2D eigenvalue weighted by atomic mass is 9.92. The Balaban J connectivity index is 1.28. The van der Waals surface area contributed by atoms with Gasteiger partial charge in [0.1, 0.15) is 16.5 Å². The standard InChI is InChI=1S/C26H19ClF5N7O4S2/c1-45(42,43)36-25(41)23-14(28)8-18(44-23)15-9-33-24(34-15)17-4-2-12-6-11(7-20(40)39(12)17)21-16(5-3-13(27)22(21)29)38-10-19(35-37-38)26(30,31)32/h3,5,7-10,12,17H,2,4,6H2,1H3,(H,33,34)(H,36,41)/t12-,17?/m1/s1. The fourth-order valence-corrected chi connectivity index (χ4v) is 6.99. The molecule has 2 atom stereocenters. The minimum atomic E-state index is -4.78. The number of H-pyrrole nitrogens is 1. The average Bonchev–Trinajstić information content (AvgIpc) is 3.74. The predicted octanol–water partition coefficient (Wildman–Crippen LogP) is 4.88. The van der Waals surface area contributed by atoms with Crippen LogP contribution in [-0.4, -0.2) is 62.4 Å². The molecule has 45 heavy (non-hydrogen) atoms. The second-order valence-corrected chi connectivity index (χ2v) is 13.5. The first-order valence-electron chi connectivity index (χ1n) is 13.0. The second-order valence-electron chi connectivity index (χ2n) is 10.3. The minimum Gasteiger partial charge on any atom is -0.346 e. The number of nitrogens with zero attached hydrogens (tertiary/aromatic N) is 5. The summed E-state index contributed by atoms with van der Waals surface area (Å²) in [6, 6.07) is 2.54. The number of thiophene rings is 1. The van der Waals surface area contributed by atoms with Crippen LogP contribution in [0.5, 0.6) is 0 Å². The third-order valence-electron chi connectivity index (χ3n) is 7.27. The Morgan fingerprint density at radius 2 is 1.98 bits per heavy atom. The van der Waals surface area contributed by atoms with Gasteiger partial charge in [-0.15, -0.1) is 16.4 Å². The molecule has 1 unspecified atom stereocenters. The molecule has 4 aromatic rings. The number of nitrogens with one attached hydrogen (secondary N) is 2. The number of amides is 2. The van der Waals surface area contributed by atoms with Gasteiger partial charge in [-0.3, -0.25) is 9.59 Å². The molecular weight excluding hydrogens is 669 g/mol. The molecule has 0 saturated carbocycles. The predicted molar refractivity (Wildman–Crippen MR) is 151 cm³/mol. The minimum absolute atomic E-state index is 0.0783. The summed E-state index contributed by atoms with van der Waals surface area (Å²) in [5, 5.41) is 6.34. The molecule has 1 aromatic carbocycles. The lowest BCUT2D eigenvalue weighted by molar-refractivity contribution is -0.141. The van der Waals surface area contributed by atoms with Gasteiger partial charge in [0.2, 0.25) is 15.9 Å². The number of benzene rings is 1. The van der Waals surface area contributed by atoms with Gasteiger partial charge >= 0.3 is 6.18 Å². The van der Waals surface area contributed by atoms with Gasteiger partial charge < -0.3 is 9.88 Å². The van der Waals surface area contributed by atoms with Gasteiger partial charge in [-0.05, 0) is 43.0 Å². The highest BCUT2D eigenvalue weighted by Crippen LogP contribution is 2.44. The van der Waals surface area contributed by atoms with Crippen LogP contribution in [0.15, 0.2) is 36.7 Å². The number of carbonyl (C=O) groups excluding carboxylic acids is 2. The Bertz CT molecular complexity index is 2000. The number of rotatable bonds is 6. The summed E-state index contributed by atoms with van der Waals surface area (Å²) in [5.74, 6) is -3.11. The number of carbonyl (C=O) groups is 2. The van der Waals surface area contributed by atoms with Crippen molar-refractivity contribution in [2.45, 2.75) is 37.5 Å². The molecule has 6 rings (SSSR count). The zero-order chi connectivity index (χ0) is 32.4. The molecule has 2 N–H and O–H groups in total. The number of hydrogen-bond acceptors (Lipinski definition) is 8. The van der Waals surface area contributed by atoms with Gasteiger partial charge in [0.05, 0.1) is 39.8 Å². The molecule has 0 aliphatic carbocycles. The Morgan fingerprint density at radius 1 is 1.22 bits per heavy atom. The van der Waals surface area contributed by atoms with E-state index in [4.69, 9.17) is 11.6 Å². The van der Waals surface area contributed by atoms with Crippen LogP contribution in [0.3, 0.4) is 0 Å². The molecule has 236 valence electrons. The SMILES string of the molecule is CS(=O)(=O)NC(=O)c1sc(-c2c[nH]c(C3CC[C@@H]4CC(c5c(-n6cc(C(F)(F)F)nn6)ccc(Cl)c5F)=CC(=O)N34)n2)cc1F. The molecule has 1 fully saturated rings. The molecule has 0 bridgehead atoms. The van der Waals surface area contributed by atoms with Crippen molar-refractivity contribution in [3.8, 4) is 16.3 Å². The number of sulfonamides is 1. The number of hydrogen-bond donors (Lipinski definition) is 2. The lowest BCUT2D eigenvalue weighted by Crippen LogP contribution is -2.39. The topological polar surface area (TPSA) is 143 Å². The van der Waals surface area contributed by atoms with E-state index in [1.165, 1.54) is 24.4 Å². The van der Waals surface area contributed by atoms with Crippen LogP contribution < -0.4 is 4.72 Å². The summed E-state index contributed by atoms with van der Waals surface area (Å²) in [5.41, 5.74) is -1.05. The quantitative estimate of drug-likeness (QED) is 0.275. The first-order chi connectivity index (χ1) is 21.1. The maximum atomic E-state index is 15.4. The van der Waals surface area contributed by atoms with Gasteiger partial charge in [-0.25, -0.2) is 31.6 Å². The monoisotopic (exact) mass is 687 g/mol. The van der Waals surface area contributed by atoms with Crippen LogP contribution in [0, 0.1) is 11.6 Å². The Labute approximate surface area is 259 Å². The van der Waals surface area contributed by atoms with E-state index >= 15 is 4.39 Å². The number of fused-ring (bicyclic) bond motifs is 1. The molecule has 2 aliphatic heterocycles. The van der Waals surface area contributed by atoms with Gasteiger partial charge in [0, 0.05) is 23.9 Å². The fraction of sp³-hybridized carbons (Fsp3) is 0.269. The number of aromatic nitrogens is 5. The third-order valence-corrected chi connectivity index (χ3v) is 9.25. The zero-order valence-corrected chi connectivity index (χ0v) is 25.1. The van der Waals surface area contributed by atoms with Crippen LogP contribution in [0.4, 0.5) is 22.0 Å². The van der Waals surface area contributed by atoms with Crippen LogP contribution in [-0.2, 0) is 21.0 Å². The third kappa shape index (κ3) is 5.84. The van der Waals surface area contributed by atoms with Crippen molar-refractivity contribution in [3.63, 3.8) is 0 Å². The van der Waals surface area contributed by atoms with Crippen molar-refractivity contribution in [2.75, 3.05) is 6.26 Å². The summed E-state index contributed by atoms with van der Waals surface area (Å²) < 4.78 is 94.6. The van der Waals surface area contributed by atoms with Crippen molar-refractivity contribution >= 4 is 50.3 Å². The van der Waals surface area contributed by atoms with E-state index in [9.17, 15) is 35.6 Å². The molecule has 2 amide bonds. The molecule has 0 radical (unpaired) electrons. The van der Waals surface area contributed by atoms with Crippen molar-refractivity contribution in [1.29, 1.82) is 0 Å². The highest BCUT2D eigenvalue weighted by molar-refractivity contribution is 7.89. The van der Waals surface area contributed by atoms with Gasteiger partial charge in [-0.1, -0.05) is 16.8 Å². The number of aromatic amines is 1. The van der Waals surface area contributed by atoms with Crippen molar-refractivity contribution in [3.05, 3.63) is 75.3 Å². The van der Waals surface area contributed by atoms with Crippen LogP contribution >= 0.6 is 22.9 Å². The smallest absolute Gasteiger partial charge is 0.346 e. The van der Waals surface area contributed by atoms with Crippen molar-refractivity contribution in [1.82, 2.24) is 34.6 Å². The van der Waals surface area contributed by atoms with Crippen LogP contribution in [0.25, 0.3) is 21.8 Å². The van der Waals surface area contributed by atoms with Crippen LogP contribution in [0.2, 0.25) is 5.02 Å². The molecule has 0 spiro atoms. The highest BCUT2D eigenvalue weighted by atomic mass is 35.5. The van der Waals surface area contributed by atoms with Gasteiger partial charge in [0.15, 0.2) is 11.5 Å². The average molecular weight is 688 g/mol. The van der Waals surface area contributed by atoms with E-state index in [-0.39, 0.29) is 38.8 Å². The maximum Gasteiger partial charge on any atom is 0.436 e. The summed E-state index contributed by atoms with van der Waals surface area (Å²) >= 11 is 6.72. The van der Waals surface area contributed by atoms with Gasteiger partial charge in [0.25, 0.3) is 5.91 Å². The van der Waals surface area contributed by atoms with E-state index < -0.39 is 62.3 Å². The fourth-order valence-electron chi connectivity index (χ4n) is 5.44. The molecule has 11 nitrogen and oxygen atoms in total. The van der Waals surface area contributed by atoms with Crippen molar-refractivity contribution < 1.29 is 40.0 Å². The molecule has 5 heterocycles. The molecule has 3 aromatic heterocycles. The lowest BCUT2D eigenvalue weighted by Gasteiger charge is -2.33. The Hall–Kier alpha value is -4.16. The second kappa shape index (κ2) is 11.0. The zero-order valence-electron chi connectivity index (χ0n) is 22.7. The highest BCUT2D eigenvalue weighted by Gasteiger charge is 2.42. The summed E-state index contributed by atoms with van der Waals surface area (Å²) in [6.45, 7) is 0. The van der Waals surface area contributed by atoms with E-state index in [1.54, 1.807) is 9.62 Å². The number of alkyl halides is 3. The van der Waals surface area contributed by atoms with Crippen molar-refractivity contribution in [2.24, 2.45) is 0 Å². The Morgan fingerprint density at radius 3 is 2.67 bits per heavy atom. The van der Waals surface area contributed by atoms with E-state index in [1.807, 2.05) is 0 Å². The molecular formula is C26H19ClF5N7O4S2. The summed E-state index contributed by atoms with van der Waals surface area (Å²) in [4.78, 5) is 34.4. The largest absolute Gasteiger partial charge is 0.436 e. The normalized spacial score (nSPS) is 18.7. The number of imidazole rings is 1. The van der Waals surface area contributed by atoms with E-state index in [0.29, 0.717) is 36.2 Å². The van der Waals surface area contributed by atoms with E-state index in [0.717, 1.165) is 17.0 Å². The number of halogens is 6. The first kappa shape index (κ1) is 30.8. The molecule has 1 saturated heterocycles. The van der Waals surface area contributed by atoms with Crippen LogP contribution in [0.1, 0.15) is 52.1 Å². The van der Waals surface area contributed by atoms with Gasteiger partial charge in [-0.2, -0.15) is 13.2 Å². The first-order valence-corrected chi connectivity index (χ1v) is 16.1. The Kier molecular flexibility index (Phi) is 7.56. The summed E-state index contributed by atoms with van der Waals surface area (Å²) in [6.07, 6.45) is 0.339. The summed E-state index contributed by atoms with van der Waals surface area (Å²) in [7, 11) is -3.91.